The molecular weight excluding hydrogens is 471 g/mol. The number of nitrogens with one attached hydrogen (secondary N) is 3. The first-order valence-corrected chi connectivity index (χ1v) is 9.96. The van der Waals surface area contributed by atoms with Crippen molar-refractivity contribution in [2.75, 3.05) is 52.4 Å². The van der Waals surface area contributed by atoms with Crippen LogP contribution >= 0.6 is 24.0 Å². The van der Waals surface area contributed by atoms with E-state index in [-0.39, 0.29) is 47.2 Å². The van der Waals surface area contributed by atoms with Gasteiger partial charge in [0.15, 0.2) is 5.96 Å². The molecule has 28 heavy (non-hydrogen) atoms. The highest BCUT2D eigenvalue weighted by molar-refractivity contribution is 14.0. The molecule has 164 valence electrons. The molecule has 1 heterocycles. The van der Waals surface area contributed by atoms with Gasteiger partial charge in [-0.1, -0.05) is 20.8 Å². The van der Waals surface area contributed by atoms with Crippen molar-refractivity contribution < 1.29 is 9.59 Å². The lowest BCUT2D eigenvalue weighted by Gasteiger charge is -2.36. The summed E-state index contributed by atoms with van der Waals surface area (Å²) in [6.07, 6.45) is 0. The SMILES string of the molecule is CCNC(=NCCNC(=O)C(C)(C)C)N1CCN(CC(=O)NC(C)C)CC1.I. The van der Waals surface area contributed by atoms with Crippen molar-refractivity contribution in [2.45, 2.75) is 47.6 Å². The van der Waals surface area contributed by atoms with Crippen LogP contribution in [0.15, 0.2) is 4.99 Å². The Hall–Kier alpha value is -1.10. The number of halogens is 1. The third kappa shape index (κ3) is 10.4. The third-order valence-corrected chi connectivity index (χ3v) is 4.16. The number of rotatable bonds is 7. The Labute approximate surface area is 187 Å². The van der Waals surface area contributed by atoms with E-state index in [1.54, 1.807) is 0 Å². The minimum Gasteiger partial charge on any atom is -0.357 e. The number of amides is 2. The molecule has 0 aromatic heterocycles. The number of piperazine rings is 1. The second-order valence-corrected chi connectivity index (χ2v) is 8.23. The molecule has 1 aliphatic heterocycles. The average Bonchev–Trinajstić information content (AvgIpc) is 2.56. The molecule has 1 aliphatic rings. The van der Waals surface area contributed by atoms with Gasteiger partial charge in [0.1, 0.15) is 0 Å². The molecule has 0 atom stereocenters. The molecule has 3 N–H and O–H groups in total. The van der Waals surface area contributed by atoms with Crippen LogP contribution < -0.4 is 16.0 Å². The predicted molar refractivity (Wildman–Crippen MR) is 125 cm³/mol. The van der Waals surface area contributed by atoms with Gasteiger partial charge in [-0.05, 0) is 20.8 Å². The fourth-order valence-corrected chi connectivity index (χ4v) is 2.71. The van der Waals surface area contributed by atoms with E-state index in [2.05, 4.69) is 30.7 Å². The average molecular weight is 510 g/mol. The topological polar surface area (TPSA) is 89.1 Å². The van der Waals surface area contributed by atoms with E-state index in [1.165, 1.54) is 0 Å². The van der Waals surface area contributed by atoms with Gasteiger partial charge in [-0.25, -0.2) is 0 Å². The van der Waals surface area contributed by atoms with Gasteiger partial charge in [0.2, 0.25) is 11.8 Å². The molecule has 8 nitrogen and oxygen atoms in total. The molecule has 0 unspecified atom stereocenters. The van der Waals surface area contributed by atoms with Crippen molar-refractivity contribution in [1.29, 1.82) is 0 Å². The summed E-state index contributed by atoms with van der Waals surface area (Å²) < 4.78 is 0. The first-order chi connectivity index (χ1) is 12.6. The largest absolute Gasteiger partial charge is 0.357 e. The van der Waals surface area contributed by atoms with Gasteiger partial charge >= 0.3 is 0 Å². The zero-order chi connectivity index (χ0) is 20.4. The maximum atomic E-state index is 11.9. The van der Waals surface area contributed by atoms with Crippen LogP contribution in [-0.2, 0) is 9.59 Å². The lowest BCUT2D eigenvalue weighted by atomic mass is 9.96. The van der Waals surface area contributed by atoms with Crippen LogP contribution in [0.1, 0.15) is 41.5 Å². The highest BCUT2D eigenvalue weighted by atomic mass is 127. The van der Waals surface area contributed by atoms with Gasteiger partial charge in [0, 0.05) is 50.7 Å². The molecule has 0 aliphatic carbocycles. The van der Waals surface area contributed by atoms with Crippen LogP contribution in [-0.4, -0.2) is 86.0 Å². The van der Waals surface area contributed by atoms with E-state index < -0.39 is 0 Å². The molecule has 0 aromatic carbocycles. The summed E-state index contributed by atoms with van der Waals surface area (Å²) >= 11 is 0. The first kappa shape index (κ1) is 26.9. The van der Waals surface area contributed by atoms with Gasteiger partial charge in [-0.2, -0.15) is 0 Å². The molecule has 2 amide bonds. The third-order valence-electron chi connectivity index (χ3n) is 4.16. The minimum absolute atomic E-state index is 0. The summed E-state index contributed by atoms with van der Waals surface area (Å²) in [6.45, 7) is 17.3. The number of carbonyl (C=O) groups is 2. The molecule has 0 aromatic rings. The molecular formula is C19H39IN6O2. The first-order valence-electron chi connectivity index (χ1n) is 9.96. The van der Waals surface area contributed by atoms with Crippen molar-refractivity contribution in [3.8, 4) is 0 Å². The van der Waals surface area contributed by atoms with Crippen molar-refractivity contribution >= 4 is 41.8 Å². The Bertz CT molecular complexity index is 511. The van der Waals surface area contributed by atoms with Crippen molar-refractivity contribution in [3.63, 3.8) is 0 Å². The molecule has 0 saturated carbocycles. The zero-order valence-electron chi connectivity index (χ0n) is 18.3. The molecule has 0 bridgehead atoms. The van der Waals surface area contributed by atoms with Crippen LogP contribution in [0.2, 0.25) is 0 Å². The fourth-order valence-electron chi connectivity index (χ4n) is 2.71. The standard InChI is InChI=1S/C19H38N6O2.HI/c1-7-20-18(22-9-8-21-17(27)19(4,5)6)25-12-10-24(11-13-25)14-16(26)23-15(2)3;/h15H,7-14H2,1-6H3,(H,20,22)(H,21,27)(H,23,26);1H. The number of guanidine groups is 1. The number of aliphatic imine (C=N–C) groups is 1. The second kappa shape index (κ2) is 13.2. The summed E-state index contributed by atoms with van der Waals surface area (Å²) in [5, 5.41) is 9.17. The Morgan fingerprint density at radius 1 is 1.07 bits per heavy atom. The summed E-state index contributed by atoms with van der Waals surface area (Å²) in [5.74, 6) is 0.985. The van der Waals surface area contributed by atoms with Crippen LogP contribution in [0, 0.1) is 5.41 Å². The number of carbonyl (C=O) groups excluding carboxylic acids is 2. The quantitative estimate of drug-likeness (QED) is 0.205. The Morgan fingerprint density at radius 2 is 1.68 bits per heavy atom. The van der Waals surface area contributed by atoms with Crippen LogP contribution in [0.3, 0.4) is 0 Å². The maximum Gasteiger partial charge on any atom is 0.234 e. The van der Waals surface area contributed by atoms with E-state index in [0.717, 1.165) is 38.7 Å². The van der Waals surface area contributed by atoms with Crippen molar-refractivity contribution in [1.82, 2.24) is 25.8 Å². The zero-order valence-corrected chi connectivity index (χ0v) is 20.6. The molecule has 1 saturated heterocycles. The highest BCUT2D eigenvalue weighted by Gasteiger charge is 2.22. The molecule has 0 spiro atoms. The summed E-state index contributed by atoms with van der Waals surface area (Å²) in [5.41, 5.74) is -0.383. The normalized spacial score (nSPS) is 15.8. The summed E-state index contributed by atoms with van der Waals surface area (Å²) in [4.78, 5) is 32.8. The number of hydrogen-bond acceptors (Lipinski definition) is 4. The minimum atomic E-state index is -0.383. The molecule has 1 rings (SSSR count). The Balaban J connectivity index is 0.00000729. The van der Waals surface area contributed by atoms with E-state index in [1.807, 2.05) is 41.5 Å². The van der Waals surface area contributed by atoms with E-state index >= 15 is 0 Å². The predicted octanol–water partition coefficient (Wildman–Crippen LogP) is 0.874. The van der Waals surface area contributed by atoms with Crippen molar-refractivity contribution in [3.05, 3.63) is 0 Å². The monoisotopic (exact) mass is 510 g/mol. The van der Waals surface area contributed by atoms with Gasteiger partial charge in [0.25, 0.3) is 0 Å². The van der Waals surface area contributed by atoms with E-state index in [0.29, 0.717) is 19.6 Å². The van der Waals surface area contributed by atoms with Crippen LogP contribution in [0.5, 0.6) is 0 Å². The Kier molecular flexibility index (Phi) is 12.7. The van der Waals surface area contributed by atoms with Gasteiger partial charge in [0.05, 0.1) is 13.1 Å². The van der Waals surface area contributed by atoms with Crippen LogP contribution in [0.25, 0.3) is 0 Å². The van der Waals surface area contributed by atoms with E-state index in [4.69, 9.17) is 0 Å². The molecule has 0 radical (unpaired) electrons. The van der Waals surface area contributed by atoms with Crippen molar-refractivity contribution in [2.24, 2.45) is 10.4 Å². The molecule has 9 heteroatoms. The Morgan fingerprint density at radius 3 is 2.18 bits per heavy atom. The number of hydrogen-bond donors (Lipinski definition) is 3. The number of nitrogens with zero attached hydrogens (tertiary/aromatic N) is 3. The second-order valence-electron chi connectivity index (χ2n) is 8.23. The van der Waals surface area contributed by atoms with Gasteiger partial charge in [-0.3, -0.25) is 19.5 Å². The smallest absolute Gasteiger partial charge is 0.234 e. The lowest BCUT2D eigenvalue weighted by Crippen LogP contribution is -2.54. The van der Waals surface area contributed by atoms with Crippen LogP contribution in [0.4, 0.5) is 0 Å². The highest BCUT2D eigenvalue weighted by Crippen LogP contribution is 2.11. The lowest BCUT2D eigenvalue weighted by molar-refractivity contribution is -0.128. The maximum absolute atomic E-state index is 11.9. The fraction of sp³-hybridized carbons (Fsp3) is 0.842. The molecule has 1 fully saturated rings. The van der Waals surface area contributed by atoms with Gasteiger partial charge < -0.3 is 20.9 Å². The van der Waals surface area contributed by atoms with E-state index in [9.17, 15) is 9.59 Å². The van der Waals surface area contributed by atoms with Gasteiger partial charge in [-0.15, -0.1) is 24.0 Å². The summed E-state index contributed by atoms with van der Waals surface area (Å²) in [6, 6.07) is 0.171. The summed E-state index contributed by atoms with van der Waals surface area (Å²) in [7, 11) is 0.